The number of phenolic OH excluding ortho intramolecular Hbond substituents is 1. The van der Waals surface area contributed by atoms with E-state index in [1.54, 1.807) is 12.3 Å². The van der Waals surface area contributed by atoms with Crippen molar-refractivity contribution in [1.29, 1.82) is 0 Å². The molecule has 0 radical (unpaired) electrons. The highest BCUT2D eigenvalue weighted by Crippen LogP contribution is 2.67. The van der Waals surface area contributed by atoms with Crippen LogP contribution in [-0.2, 0) is 20.7 Å². The topological polar surface area (TPSA) is 109 Å². The Morgan fingerprint density at radius 2 is 2.08 bits per heavy atom. The fourth-order valence-electron chi connectivity index (χ4n) is 7.77. The quantitative estimate of drug-likeness (QED) is 0.277. The van der Waals surface area contributed by atoms with Crippen LogP contribution in [0, 0.1) is 30.1 Å². The summed E-state index contributed by atoms with van der Waals surface area (Å²) in [4.78, 5) is 30.9. The lowest BCUT2D eigenvalue weighted by Gasteiger charge is -2.53. The molecule has 2 fully saturated rings. The van der Waals surface area contributed by atoms with Crippen molar-refractivity contribution in [2.45, 2.75) is 96.7 Å². The Morgan fingerprint density at radius 3 is 2.82 bits per heavy atom. The number of anilines is 1. The third kappa shape index (κ3) is 4.97. The largest absolute Gasteiger partial charge is 0.508 e. The monoisotopic (exact) mass is 540 g/mol. The molecular formula is C30H40N2O5S. The second-order valence-corrected chi connectivity index (χ2v) is 13.1. The van der Waals surface area contributed by atoms with E-state index in [1.165, 1.54) is 22.5 Å². The first-order chi connectivity index (χ1) is 18.1. The van der Waals surface area contributed by atoms with E-state index in [0.717, 1.165) is 43.4 Å². The van der Waals surface area contributed by atoms with E-state index in [0.29, 0.717) is 48.4 Å². The fraction of sp³-hybridized carbons (Fsp3) is 0.633. The number of aryl methyl sites for hydroxylation is 2. The highest BCUT2D eigenvalue weighted by atomic mass is 32.1. The Morgan fingerprint density at radius 1 is 1.26 bits per heavy atom. The first-order valence-corrected chi connectivity index (χ1v) is 14.9. The van der Waals surface area contributed by atoms with Gasteiger partial charge in [-0.25, -0.2) is 4.98 Å². The predicted molar refractivity (Wildman–Crippen MR) is 147 cm³/mol. The summed E-state index contributed by atoms with van der Waals surface area (Å²) in [6, 6.07) is 5.73. The Labute approximate surface area is 229 Å². The van der Waals surface area contributed by atoms with E-state index in [4.69, 9.17) is 4.74 Å². The summed E-state index contributed by atoms with van der Waals surface area (Å²) in [5.41, 5.74) is 1.94. The average Bonchev–Trinajstić information content (AvgIpc) is 3.38. The minimum Gasteiger partial charge on any atom is -0.508 e. The normalized spacial score (nSPS) is 31.7. The molecule has 3 unspecified atom stereocenters. The lowest BCUT2D eigenvalue weighted by atomic mass is 9.53. The van der Waals surface area contributed by atoms with E-state index in [-0.39, 0.29) is 23.7 Å². The molecule has 1 amide bonds. The van der Waals surface area contributed by atoms with Crippen molar-refractivity contribution in [3.63, 3.8) is 0 Å². The molecule has 2 aromatic rings. The van der Waals surface area contributed by atoms with Crippen LogP contribution in [0.4, 0.5) is 5.13 Å². The van der Waals surface area contributed by atoms with Crippen molar-refractivity contribution in [3.05, 3.63) is 40.4 Å². The Kier molecular flexibility index (Phi) is 7.57. The lowest BCUT2D eigenvalue weighted by Crippen LogP contribution is -2.53. The zero-order valence-electron chi connectivity index (χ0n) is 22.7. The number of carbonyl (C=O) groups is 2. The molecule has 3 aliphatic rings. The van der Waals surface area contributed by atoms with Gasteiger partial charge in [-0.15, -0.1) is 11.3 Å². The second kappa shape index (κ2) is 10.6. The average molecular weight is 541 g/mol. The number of rotatable bonds is 8. The maximum absolute atomic E-state index is 12.8. The maximum Gasteiger partial charge on any atom is 0.308 e. The number of nitrogens with zero attached hydrogens (tertiary/aromatic N) is 1. The van der Waals surface area contributed by atoms with E-state index in [2.05, 4.69) is 23.3 Å². The highest BCUT2D eigenvalue weighted by molar-refractivity contribution is 7.15. The SMILES string of the molecule is CCCCC(=O)O[C@@]1(O)C[C@@H](CCC(=O)Nc2ncc(C)s2)C2C3CCc4cc(O)ccc4C3CC[C@@]21C. The van der Waals surface area contributed by atoms with Gasteiger partial charge in [0.05, 0.1) is 0 Å². The number of benzene rings is 1. The van der Waals surface area contributed by atoms with Crippen molar-refractivity contribution in [1.82, 2.24) is 4.98 Å². The van der Waals surface area contributed by atoms with Crippen LogP contribution < -0.4 is 5.32 Å². The number of thiazole rings is 1. The molecule has 5 rings (SSSR count). The van der Waals surface area contributed by atoms with Gasteiger partial charge >= 0.3 is 5.97 Å². The number of amides is 1. The smallest absolute Gasteiger partial charge is 0.308 e. The fourth-order valence-corrected chi connectivity index (χ4v) is 8.45. The van der Waals surface area contributed by atoms with Crippen molar-refractivity contribution in [2.24, 2.45) is 23.2 Å². The molecule has 2 saturated carbocycles. The van der Waals surface area contributed by atoms with Gasteiger partial charge in [0.1, 0.15) is 5.75 Å². The molecule has 1 aromatic heterocycles. The molecule has 38 heavy (non-hydrogen) atoms. The van der Waals surface area contributed by atoms with Gasteiger partial charge in [0.15, 0.2) is 5.13 Å². The Balaban J connectivity index is 1.40. The summed E-state index contributed by atoms with van der Waals surface area (Å²) in [5.74, 6) is -0.797. The number of hydrogen-bond donors (Lipinski definition) is 3. The van der Waals surface area contributed by atoms with Gasteiger partial charge in [-0.05, 0) is 92.4 Å². The number of aromatic nitrogens is 1. The molecule has 1 aromatic carbocycles. The number of fused-ring (bicyclic) bond motifs is 5. The van der Waals surface area contributed by atoms with Crippen molar-refractivity contribution >= 4 is 28.3 Å². The van der Waals surface area contributed by atoms with Gasteiger partial charge in [0.25, 0.3) is 0 Å². The molecule has 0 spiro atoms. The van der Waals surface area contributed by atoms with Crippen LogP contribution in [0.5, 0.6) is 5.75 Å². The molecule has 3 aliphatic carbocycles. The molecule has 0 bridgehead atoms. The molecule has 7 nitrogen and oxygen atoms in total. The minimum atomic E-state index is -1.53. The van der Waals surface area contributed by atoms with Gasteiger partial charge in [-0.3, -0.25) is 9.59 Å². The van der Waals surface area contributed by atoms with E-state index in [1.807, 2.05) is 19.9 Å². The lowest BCUT2D eigenvalue weighted by molar-refractivity contribution is -0.260. The third-order valence-electron chi connectivity index (χ3n) is 9.53. The summed E-state index contributed by atoms with van der Waals surface area (Å²) in [7, 11) is 0. The van der Waals surface area contributed by atoms with Crippen LogP contribution in [0.25, 0.3) is 0 Å². The van der Waals surface area contributed by atoms with Crippen LogP contribution in [0.2, 0.25) is 0 Å². The predicted octanol–water partition coefficient (Wildman–Crippen LogP) is 6.08. The van der Waals surface area contributed by atoms with Crippen LogP contribution >= 0.6 is 11.3 Å². The summed E-state index contributed by atoms with van der Waals surface area (Å²) in [5, 5.41) is 25.6. The zero-order chi connectivity index (χ0) is 27.1. The van der Waals surface area contributed by atoms with E-state index < -0.39 is 11.2 Å². The number of esters is 1. The number of nitrogens with one attached hydrogen (secondary N) is 1. The van der Waals surface area contributed by atoms with Crippen LogP contribution in [0.3, 0.4) is 0 Å². The summed E-state index contributed by atoms with van der Waals surface area (Å²) >= 11 is 1.46. The standard InChI is InChI=1S/C30H40N2O5S/c1-4-5-6-26(35)37-30(36)16-20(8-12-25(34)32-28-31-17-18(2)38-28)27-24-10-7-19-15-21(33)9-11-22(19)23(24)13-14-29(27,30)3/h9,11,15,17,20,23-24,27,33,36H,4-8,10,12-14,16H2,1-3H3,(H,31,32,34)/t20-,23?,24?,27?,29+,30+/m1/s1. The van der Waals surface area contributed by atoms with Crippen LogP contribution in [-0.4, -0.2) is 32.9 Å². The molecule has 1 heterocycles. The van der Waals surface area contributed by atoms with Crippen molar-refractivity contribution < 1.29 is 24.5 Å². The van der Waals surface area contributed by atoms with Gasteiger partial charge < -0.3 is 20.3 Å². The van der Waals surface area contributed by atoms with E-state index in [9.17, 15) is 19.8 Å². The van der Waals surface area contributed by atoms with Gasteiger partial charge in [0, 0.05) is 35.8 Å². The number of carbonyl (C=O) groups excluding carboxylic acids is 2. The molecule has 8 heteroatoms. The molecule has 0 saturated heterocycles. The van der Waals surface area contributed by atoms with Gasteiger partial charge in [-0.1, -0.05) is 26.3 Å². The Hall–Kier alpha value is -2.45. The molecule has 206 valence electrons. The Bertz CT molecular complexity index is 1200. The highest BCUT2D eigenvalue weighted by Gasteiger charge is 2.67. The first kappa shape index (κ1) is 27.1. The van der Waals surface area contributed by atoms with Crippen LogP contribution in [0.15, 0.2) is 24.4 Å². The van der Waals surface area contributed by atoms with Gasteiger partial charge in [0.2, 0.25) is 11.7 Å². The zero-order valence-corrected chi connectivity index (χ0v) is 23.5. The number of aliphatic hydroxyl groups is 1. The van der Waals surface area contributed by atoms with Crippen LogP contribution in [0.1, 0.15) is 93.6 Å². The molecule has 3 N–H and O–H groups in total. The summed E-state index contributed by atoms with van der Waals surface area (Å²) < 4.78 is 5.95. The minimum absolute atomic E-state index is 0.0548. The molecular weight excluding hydrogens is 500 g/mol. The summed E-state index contributed by atoms with van der Waals surface area (Å²) in [6.07, 6.45) is 8.49. The van der Waals surface area contributed by atoms with Crippen molar-refractivity contribution in [2.75, 3.05) is 5.32 Å². The summed E-state index contributed by atoms with van der Waals surface area (Å²) in [6.45, 7) is 6.09. The van der Waals surface area contributed by atoms with Crippen molar-refractivity contribution in [3.8, 4) is 5.75 Å². The molecule has 0 aliphatic heterocycles. The van der Waals surface area contributed by atoms with E-state index >= 15 is 0 Å². The third-order valence-corrected chi connectivity index (χ3v) is 10.4. The first-order valence-electron chi connectivity index (χ1n) is 14.1. The number of ether oxygens (including phenoxy) is 1. The van der Waals surface area contributed by atoms with Gasteiger partial charge in [-0.2, -0.15) is 0 Å². The maximum atomic E-state index is 12.8. The number of phenols is 1. The number of aromatic hydroxyl groups is 1. The number of hydrogen-bond acceptors (Lipinski definition) is 7. The second-order valence-electron chi connectivity index (χ2n) is 11.9. The number of unbranched alkanes of at least 4 members (excludes halogenated alkanes) is 1. The molecule has 6 atom stereocenters.